The van der Waals surface area contributed by atoms with Gasteiger partial charge >= 0.3 is 0 Å². The molecule has 1 aliphatic rings. The molecule has 1 fully saturated rings. The molecule has 1 aliphatic heterocycles. The Hall–Kier alpha value is -0.840. The van der Waals surface area contributed by atoms with Crippen molar-refractivity contribution in [2.45, 2.75) is 24.7 Å². The second kappa shape index (κ2) is 3.96. The highest BCUT2D eigenvalue weighted by Crippen LogP contribution is 2.20. The minimum Gasteiger partial charge on any atom is -0.336 e. The lowest BCUT2D eigenvalue weighted by atomic mass is 10.3. The van der Waals surface area contributed by atoms with Gasteiger partial charge in [-0.25, -0.2) is 0 Å². The largest absolute Gasteiger partial charge is 0.336 e. The van der Waals surface area contributed by atoms with Gasteiger partial charge in [0.15, 0.2) is 0 Å². The predicted molar refractivity (Wildman–Crippen MR) is 60.7 cm³/mol. The zero-order valence-corrected chi connectivity index (χ0v) is 10.5. The van der Waals surface area contributed by atoms with Crippen LogP contribution in [0.4, 0.5) is 0 Å². The van der Waals surface area contributed by atoms with Crippen molar-refractivity contribution in [3.8, 4) is 0 Å². The molecule has 82 valence electrons. The summed E-state index contributed by atoms with van der Waals surface area (Å²) < 4.78 is 1.84. The number of hydrogen-bond acceptors (Lipinski definition) is 2. The zero-order chi connectivity index (χ0) is 11.0. The first-order valence-electron chi connectivity index (χ1n) is 4.97. The average Bonchev–Trinajstić information content (AvgIpc) is 2.58. The fraction of sp³-hybridized carbons (Fsp3) is 0.600. The van der Waals surface area contributed by atoms with E-state index >= 15 is 0 Å². The number of amides is 1. The molecule has 4 nitrogen and oxygen atoms in total. The molecule has 2 heterocycles. The Morgan fingerprint density at radius 3 is 2.87 bits per heavy atom. The van der Waals surface area contributed by atoms with Crippen molar-refractivity contribution in [2.24, 2.45) is 7.05 Å². The molecular formula is C10H14BrN3O. The summed E-state index contributed by atoms with van der Waals surface area (Å²) in [6.45, 7) is 3.42. The molecule has 15 heavy (non-hydrogen) atoms. The van der Waals surface area contributed by atoms with Gasteiger partial charge in [-0.2, -0.15) is 5.10 Å². The van der Waals surface area contributed by atoms with Gasteiger partial charge in [0.1, 0.15) is 0 Å². The molecule has 1 aromatic rings. The Balaban J connectivity index is 2.09. The van der Waals surface area contributed by atoms with E-state index in [0.717, 1.165) is 17.9 Å². The van der Waals surface area contributed by atoms with E-state index in [4.69, 9.17) is 0 Å². The first-order valence-corrected chi connectivity index (χ1v) is 5.89. The number of carbonyl (C=O) groups excluding carboxylic acids is 1. The Morgan fingerprint density at radius 2 is 2.40 bits per heavy atom. The fourth-order valence-electron chi connectivity index (χ4n) is 1.88. The molecule has 0 bridgehead atoms. The Kier molecular flexibility index (Phi) is 2.82. The smallest absolute Gasteiger partial charge is 0.224 e. The van der Waals surface area contributed by atoms with Gasteiger partial charge in [-0.15, -0.1) is 0 Å². The van der Waals surface area contributed by atoms with Crippen LogP contribution in [0.15, 0.2) is 6.07 Å². The maximum Gasteiger partial charge on any atom is 0.224 e. The molecule has 0 N–H and O–H groups in total. The molecule has 1 amide bonds. The number of nitrogens with zero attached hydrogens (tertiary/aromatic N) is 3. The van der Waals surface area contributed by atoms with Gasteiger partial charge in [-0.3, -0.25) is 9.48 Å². The number of alkyl halides is 1. The number of halogens is 1. The van der Waals surface area contributed by atoms with Crippen LogP contribution in [0.5, 0.6) is 0 Å². The second-order valence-corrected chi connectivity index (χ2v) is 5.27. The lowest BCUT2D eigenvalue weighted by Gasteiger charge is -2.15. The molecule has 1 aromatic heterocycles. The van der Waals surface area contributed by atoms with Gasteiger partial charge in [-0.05, 0) is 13.0 Å². The Morgan fingerprint density at radius 1 is 1.67 bits per heavy atom. The molecule has 0 radical (unpaired) electrons. The summed E-state index contributed by atoms with van der Waals surface area (Å²) in [6, 6.07) is 2.02. The molecule has 0 spiro atoms. The lowest BCUT2D eigenvalue weighted by molar-refractivity contribution is -0.128. The van der Waals surface area contributed by atoms with Gasteiger partial charge in [-0.1, -0.05) is 15.9 Å². The summed E-state index contributed by atoms with van der Waals surface area (Å²) in [7, 11) is 1.91. The Bertz CT molecular complexity index is 388. The number of likely N-dealkylation sites (tertiary alicyclic amines) is 1. The van der Waals surface area contributed by atoms with Crippen LogP contribution in [0, 0.1) is 6.92 Å². The first kappa shape index (κ1) is 10.7. The molecule has 5 heteroatoms. The summed E-state index contributed by atoms with van der Waals surface area (Å²) in [6.07, 6.45) is 0.608. The maximum absolute atomic E-state index is 11.6. The summed E-state index contributed by atoms with van der Waals surface area (Å²) in [5.41, 5.74) is 2.08. The number of aryl methyl sites for hydroxylation is 2. The summed E-state index contributed by atoms with van der Waals surface area (Å²) >= 11 is 3.47. The SMILES string of the molecule is Cc1cc(CN2CC(Br)CC2=O)n(C)n1. The van der Waals surface area contributed by atoms with E-state index in [1.54, 1.807) is 0 Å². The monoisotopic (exact) mass is 271 g/mol. The van der Waals surface area contributed by atoms with E-state index in [1.165, 1.54) is 0 Å². The van der Waals surface area contributed by atoms with Crippen molar-refractivity contribution in [3.63, 3.8) is 0 Å². The average molecular weight is 272 g/mol. The maximum atomic E-state index is 11.6. The Labute approximate surface area is 97.4 Å². The second-order valence-electron chi connectivity index (χ2n) is 3.98. The normalized spacial score (nSPS) is 21.4. The van der Waals surface area contributed by atoms with E-state index in [1.807, 2.05) is 29.6 Å². The third-order valence-electron chi connectivity index (χ3n) is 2.62. The summed E-state index contributed by atoms with van der Waals surface area (Å²) in [4.78, 5) is 13.7. The topological polar surface area (TPSA) is 38.1 Å². The van der Waals surface area contributed by atoms with Gasteiger partial charge in [0.05, 0.1) is 17.9 Å². The highest BCUT2D eigenvalue weighted by molar-refractivity contribution is 9.09. The van der Waals surface area contributed by atoms with Crippen LogP contribution < -0.4 is 0 Å². The van der Waals surface area contributed by atoms with E-state index in [9.17, 15) is 4.79 Å². The van der Waals surface area contributed by atoms with Crippen molar-refractivity contribution in [1.29, 1.82) is 0 Å². The third kappa shape index (κ3) is 2.22. The molecule has 2 rings (SSSR count). The molecule has 1 atom stereocenters. The number of aromatic nitrogens is 2. The van der Waals surface area contributed by atoms with Crippen molar-refractivity contribution < 1.29 is 4.79 Å². The van der Waals surface area contributed by atoms with Crippen molar-refractivity contribution in [2.75, 3.05) is 6.54 Å². The number of hydrogen-bond donors (Lipinski definition) is 0. The minimum absolute atomic E-state index is 0.218. The number of rotatable bonds is 2. The fourth-order valence-corrected chi connectivity index (χ4v) is 2.51. The van der Waals surface area contributed by atoms with Crippen LogP contribution >= 0.6 is 15.9 Å². The van der Waals surface area contributed by atoms with Crippen LogP contribution in [0.3, 0.4) is 0 Å². The highest BCUT2D eigenvalue weighted by Gasteiger charge is 2.28. The standard InChI is InChI=1S/C10H14BrN3O/c1-7-3-9(13(2)12-7)6-14-5-8(11)4-10(14)15/h3,8H,4-6H2,1-2H3. The molecule has 0 aromatic carbocycles. The van der Waals surface area contributed by atoms with E-state index in [0.29, 0.717) is 17.8 Å². The predicted octanol–water partition coefficient (Wildman–Crippen LogP) is 1.22. The molecule has 0 saturated carbocycles. The quantitative estimate of drug-likeness (QED) is 0.759. The molecule has 1 unspecified atom stereocenters. The summed E-state index contributed by atoms with van der Waals surface area (Å²) in [5.74, 6) is 0.218. The van der Waals surface area contributed by atoms with Crippen molar-refractivity contribution >= 4 is 21.8 Å². The van der Waals surface area contributed by atoms with E-state index < -0.39 is 0 Å². The van der Waals surface area contributed by atoms with Gasteiger partial charge < -0.3 is 4.90 Å². The lowest BCUT2D eigenvalue weighted by Crippen LogP contribution is -2.25. The molecular weight excluding hydrogens is 258 g/mol. The molecule has 1 saturated heterocycles. The van der Waals surface area contributed by atoms with Gasteiger partial charge in [0.25, 0.3) is 0 Å². The molecule has 0 aliphatic carbocycles. The van der Waals surface area contributed by atoms with Crippen LogP contribution in [-0.2, 0) is 18.4 Å². The van der Waals surface area contributed by atoms with Crippen molar-refractivity contribution in [3.05, 3.63) is 17.5 Å². The van der Waals surface area contributed by atoms with Gasteiger partial charge in [0, 0.05) is 24.8 Å². The van der Waals surface area contributed by atoms with Crippen LogP contribution in [0.1, 0.15) is 17.8 Å². The minimum atomic E-state index is 0.218. The number of carbonyl (C=O) groups is 1. The van der Waals surface area contributed by atoms with Crippen LogP contribution in [0.2, 0.25) is 0 Å². The van der Waals surface area contributed by atoms with E-state index in [-0.39, 0.29) is 5.91 Å². The third-order valence-corrected chi connectivity index (χ3v) is 3.23. The first-order chi connectivity index (χ1) is 7.06. The highest BCUT2D eigenvalue weighted by atomic mass is 79.9. The summed E-state index contributed by atoms with van der Waals surface area (Å²) in [5, 5.41) is 4.26. The zero-order valence-electron chi connectivity index (χ0n) is 8.90. The van der Waals surface area contributed by atoms with Gasteiger partial charge in [0.2, 0.25) is 5.91 Å². The van der Waals surface area contributed by atoms with Crippen LogP contribution in [0.25, 0.3) is 0 Å². The van der Waals surface area contributed by atoms with Crippen molar-refractivity contribution in [1.82, 2.24) is 14.7 Å². The van der Waals surface area contributed by atoms with E-state index in [2.05, 4.69) is 21.0 Å². The van der Waals surface area contributed by atoms with Crippen LogP contribution in [-0.4, -0.2) is 32.0 Å².